The molecule has 1 atom stereocenters. The van der Waals surface area contributed by atoms with Gasteiger partial charge in [0.1, 0.15) is 12.6 Å². The number of carboxylic acid groups (broad SMARTS) is 1. The number of carboxylic acids is 1. The maximum absolute atomic E-state index is 11.3. The highest BCUT2D eigenvalue weighted by Gasteiger charge is 2.20. The minimum absolute atomic E-state index is 0.377. The van der Waals surface area contributed by atoms with Crippen LogP contribution in [0.3, 0.4) is 0 Å². The highest BCUT2D eigenvalue weighted by atomic mass is 16.6. The number of carbonyl (C=O) groups excluding carboxylic acids is 1. The average Bonchev–Trinajstić information content (AvgIpc) is 2.74. The van der Waals surface area contributed by atoms with Crippen LogP contribution in [0.5, 0.6) is 0 Å². The molecule has 0 saturated heterocycles. The van der Waals surface area contributed by atoms with Crippen LogP contribution in [-0.2, 0) is 16.1 Å². The van der Waals surface area contributed by atoms with E-state index < -0.39 is 35.3 Å². The predicted molar refractivity (Wildman–Crippen MR) is 55.5 cm³/mol. The summed E-state index contributed by atoms with van der Waals surface area (Å²) in [5.74, 6) is -2.52. The molecule has 0 bridgehead atoms. The molecule has 1 heterocycles. The van der Waals surface area contributed by atoms with Gasteiger partial charge in [-0.3, -0.25) is 4.79 Å². The third-order valence-corrected chi connectivity index (χ3v) is 1.94. The van der Waals surface area contributed by atoms with Gasteiger partial charge in [-0.15, -0.1) is 0 Å². The summed E-state index contributed by atoms with van der Waals surface area (Å²) in [6.07, 6.45) is 1.21. The first-order valence-electron chi connectivity index (χ1n) is 4.75. The highest BCUT2D eigenvalue weighted by Crippen LogP contribution is 2.04. The Bertz CT molecular complexity index is 470. The van der Waals surface area contributed by atoms with E-state index in [2.05, 4.69) is 5.10 Å². The molecular weight excluding hydrogens is 248 g/mol. The predicted octanol–water partition coefficient (Wildman–Crippen LogP) is -1.65. The van der Waals surface area contributed by atoms with Crippen LogP contribution in [-0.4, -0.2) is 49.4 Å². The van der Waals surface area contributed by atoms with E-state index in [-0.39, 0.29) is 6.54 Å². The minimum Gasteiger partial charge on any atom is -0.480 e. The largest absolute Gasteiger partial charge is 0.480 e. The Labute approximate surface area is 100.0 Å². The van der Waals surface area contributed by atoms with Gasteiger partial charge in [-0.1, -0.05) is 0 Å². The molecule has 10 nitrogen and oxygen atoms in total. The van der Waals surface area contributed by atoms with E-state index in [0.29, 0.717) is 0 Å². The van der Waals surface area contributed by atoms with Crippen LogP contribution in [0.25, 0.3) is 0 Å². The zero-order valence-corrected chi connectivity index (χ0v) is 9.02. The monoisotopic (exact) mass is 258 g/mol. The maximum atomic E-state index is 11.3. The molecule has 0 aliphatic rings. The standard InChI is InChI=1S/C8H10N4O6/c13-4-5(8(15)16)9-7(14)3-11-2-1-6(10-11)12(17)18/h1-2,5,13H,3-4H2,(H,9,14)(H,15,16). The maximum Gasteiger partial charge on any atom is 0.389 e. The number of hydrogen-bond acceptors (Lipinski definition) is 6. The second-order valence-corrected chi connectivity index (χ2v) is 3.27. The van der Waals surface area contributed by atoms with E-state index in [1.165, 1.54) is 6.20 Å². The molecule has 0 saturated carbocycles. The fourth-order valence-corrected chi connectivity index (χ4v) is 1.11. The van der Waals surface area contributed by atoms with Crippen molar-refractivity contribution in [1.82, 2.24) is 15.1 Å². The van der Waals surface area contributed by atoms with Crippen molar-refractivity contribution in [2.75, 3.05) is 6.61 Å². The number of nitrogens with zero attached hydrogens (tertiary/aromatic N) is 3. The van der Waals surface area contributed by atoms with Crippen molar-refractivity contribution in [3.63, 3.8) is 0 Å². The van der Waals surface area contributed by atoms with Gasteiger partial charge in [0.15, 0.2) is 0 Å². The summed E-state index contributed by atoms with van der Waals surface area (Å²) < 4.78 is 0.990. The molecule has 18 heavy (non-hydrogen) atoms. The first-order valence-corrected chi connectivity index (χ1v) is 4.75. The Kier molecular flexibility index (Phi) is 4.32. The summed E-state index contributed by atoms with van der Waals surface area (Å²) in [5.41, 5.74) is 0. The van der Waals surface area contributed by atoms with Crippen LogP contribution >= 0.6 is 0 Å². The molecule has 0 spiro atoms. The molecule has 0 aliphatic carbocycles. The summed E-state index contributed by atoms with van der Waals surface area (Å²) in [4.78, 5) is 31.5. The van der Waals surface area contributed by atoms with Crippen LogP contribution in [0.15, 0.2) is 12.3 Å². The van der Waals surface area contributed by atoms with Crippen molar-refractivity contribution in [2.45, 2.75) is 12.6 Å². The molecule has 1 amide bonds. The van der Waals surface area contributed by atoms with E-state index in [0.717, 1.165) is 10.7 Å². The number of hydrogen-bond donors (Lipinski definition) is 3. The van der Waals surface area contributed by atoms with E-state index in [1.54, 1.807) is 0 Å². The van der Waals surface area contributed by atoms with Crippen LogP contribution in [0.2, 0.25) is 0 Å². The van der Waals surface area contributed by atoms with Gasteiger partial charge < -0.3 is 25.6 Å². The van der Waals surface area contributed by atoms with Crippen molar-refractivity contribution in [3.05, 3.63) is 22.4 Å². The van der Waals surface area contributed by atoms with E-state index >= 15 is 0 Å². The summed E-state index contributed by atoms with van der Waals surface area (Å²) in [6.45, 7) is -1.13. The summed E-state index contributed by atoms with van der Waals surface area (Å²) in [7, 11) is 0. The summed E-state index contributed by atoms with van der Waals surface area (Å²) >= 11 is 0. The van der Waals surface area contributed by atoms with Gasteiger partial charge >= 0.3 is 11.8 Å². The Morgan fingerprint density at radius 3 is 2.72 bits per heavy atom. The number of rotatable bonds is 6. The van der Waals surface area contributed by atoms with Crippen molar-refractivity contribution in [3.8, 4) is 0 Å². The number of amides is 1. The van der Waals surface area contributed by atoms with Gasteiger partial charge in [0.2, 0.25) is 5.91 Å². The molecule has 0 fully saturated rings. The average molecular weight is 258 g/mol. The van der Waals surface area contributed by atoms with E-state index in [9.17, 15) is 19.7 Å². The van der Waals surface area contributed by atoms with Crippen LogP contribution in [0.4, 0.5) is 5.82 Å². The minimum atomic E-state index is -1.41. The molecule has 0 aliphatic heterocycles. The van der Waals surface area contributed by atoms with Crippen molar-refractivity contribution >= 4 is 17.7 Å². The Balaban J connectivity index is 2.58. The van der Waals surface area contributed by atoms with Gasteiger partial charge in [-0.05, 0) is 4.92 Å². The van der Waals surface area contributed by atoms with Crippen LogP contribution < -0.4 is 5.32 Å². The van der Waals surface area contributed by atoms with Gasteiger partial charge in [0, 0.05) is 0 Å². The molecule has 0 aromatic carbocycles. The molecule has 1 aromatic heterocycles. The first kappa shape index (κ1) is 13.6. The van der Waals surface area contributed by atoms with Crippen molar-refractivity contribution in [2.24, 2.45) is 0 Å². The van der Waals surface area contributed by atoms with Crippen LogP contribution in [0, 0.1) is 10.1 Å². The number of aromatic nitrogens is 2. The molecule has 10 heteroatoms. The normalized spacial score (nSPS) is 11.8. The Morgan fingerprint density at radius 2 is 2.28 bits per heavy atom. The zero-order valence-electron chi connectivity index (χ0n) is 9.02. The quantitative estimate of drug-likeness (QED) is 0.409. The molecule has 3 N–H and O–H groups in total. The number of carbonyl (C=O) groups is 2. The van der Waals surface area contributed by atoms with Crippen molar-refractivity contribution in [1.29, 1.82) is 0 Å². The lowest BCUT2D eigenvalue weighted by Gasteiger charge is -2.10. The fraction of sp³-hybridized carbons (Fsp3) is 0.375. The first-order chi connectivity index (χ1) is 8.43. The molecule has 98 valence electrons. The topological polar surface area (TPSA) is 148 Å². The molecule has 0 radical (unpaired) electrons. The summed E-state index contributed by atoms with van der Waals surface area (Å²) in [5, 5.41) is 33.1. The van der Waals surface area contributed by atoms with Gasteiger partial charge in [0.25, 0.3) is 0 Å². The van der Waals surface area contributed by atoms with Gasteiger partial charge in [-0.2, -0.15) is 4.68 Å². The lowest BCUT2D eigenvalue weighted by Crippen LogP contribution is -2.44. The molecule has 1 aromatic rings. The number of nitro groups is 1. The van der Waals surface area contributed by atoms with Crippen molar-refractivity contribution < 1.29 is 24.7 Å². The molecule has 1 unspecified atom stereocenters. The van der Waals surface area contributed by atoms with Crippen LogP contribution in [0.1, 0.15) is 0 Å². The summed E-state index contributed by atoms with van der Waals surface area (Å²) in [6, 6.07) is -0.309. The smallest absolute Gasteiger partial charge is 0.389 e. The third-order valence-electron chi connectivity index (χ3n) is 1.94. The van der Waals surface area contributed by atoms with E-state index in [1.807, 2.05) is 5.32 Å². The second kappa shape index (κ2) is 5.72. The SMILES string of the molecule is O=C(Cn1ccc([N+](=O)[O-])n1)NC(CO)C(=O)O. The lowest BCUT2D eigenvalue weighted by atomic mass is 10.3. The fourth-order valence-electron chi connectivity index (χ4n) is 1.11. The number of aliphatic hydroxyl groups excluding tert-OH is 1. The highest BCUT2D eigenvalue weighted by molar-refractivity contribution is 5.83. The number of aliphatic carboxylic acids is 1. The molecular formula is C8H10N4O6. The van der Waals surface area contributed by atoms with Gasteiger partial charge in [-0.25, -0.2) is 4.79 Å². The number of nitrogens with one attached hydrogen (secondary N) is 1. The van der Waals surface area contributed by atoms with Gasteiger partial charge in [0.05, 0.1) is 24.0 Å². The molecule has 1 rings (SSSR count). The number of aliphatic hydroxyl groups is 1. The lowest BCUT2D eigenvalue weighted by molar-refractivity contribution is -0.389. The Morgan fingerprint density at radius 1 is 1.61 bits per heavy atom. The Hall–Kier alpha value is -2.49. The third kappa shape index (κ3) is 3.52. The van der Waals surface area contributed by atoms with E-state index in [4.69, 9.17) is 10.2 Å². The zero-order chi connectivity index (χ0) is 13.7. The second-order valence-electron chi connectivity index (χ2n) is 3.27.